The van der Waals surface area contributed by atoms with Crippen LogP contribution < -0.4 is 16.0 Å². The number of rotatable bonds is 5. The van der Waals surface area contributed by atoms with Crippen molar-refractivity contribution < 1.29 is 9.59 Å². The molecule has 1 aromatic carbocycles. The highest BCUT2D eigenvalue weighted by molar-refractivity contribution is 5.98. The number of nitrogens with zero attached hydrogens (tertiary/aromatic N) is 3. The van der Waals surface area contributed by atoms with Crippen molar-refractivity contribution in [2.45, 2.75) is 32.4 Å². The second kappa shape index (κ2) is 6.96. The van der Waals surface area contributed by atoms with E-state index in [0.29, 0.717) is 17.8 Å². The summed E-state index contributed by atoms with van der Waals surface area (Å²) in [5, 5.41) is 7.32. The highest BCUT2D eigenvalue weighted by Crippen LogP contribution is 2.24. The normalized spacial score (nSPS) is 17.1. The minimum absolute atomic E-state index is 0.0117. The second-order valence-electron chi connectivity index (χ2n) is 6.56. The van der Waals surface area contributed by atoms with E-state index in [-0.39, 0.29) is 18.0 Å². The number of carbonyl (C=O) groups is 2. The number of benzene rings is 1. The molecule has 7 nitrogen and oxygen atoms in total. The Balaban J connectivity index is 1.65. The first-order valence-corrected chi connectivity index (χ1v) is 8.45. The lowest BCUT2D eigenvalue weighted by molar-refractivity contribution is 0.0933. The summed E-state index contributed by atoms with van der Waals surface area (Å²) in [6.07, 6.45) is 2.62. The van der Waals surface area contributed by atoms with Crippen molar-refractivity contribution in [3.05, 3.63) is 47.8 Å². The number of primary amides is 1. The fourth-order valence-electron chi connectivity index (χ4n) is 3.06. The number of para-hydroxylation sites is 1. The molecule has 3 N–H and O–H groups in total. The molecule has 1 saturated heterocycles. The molecule has 0 aliphatic carbocycles. The van der Waals surface area contributed by atoms with Crippen LogP contribution >= 0.6 is 0 Å². The van der Waals surface area contributed by atoms with Crippen LogP contribution in [0.3, 0.4) is 0 Å². The van der Waals surface area contributed by atoms with Gasteiger partial charge in [-0.2, -0.15) is 5.10 Å². The van der Waals surface area contributed by atoms with Gasteiger partial charge in [0.25, 0.3) is 11.8 Å². The Morgan fingerprint density at radius 2 is 2.04 bits per heavy atom. The van der Waals surface area contributed by atoms with E-state index in [0.717, 1.165) is 18.7 Å². The monoisotopic (exact) mass is 341 g/mol. The molecule has 1 aromatic heterocycles. The average Bonchev–Trinajstić information content (AvgIpc) is 3.24. The summed E-state index contributed by atoms with van der Waals surface area (Å²) in [6.45, 7) is 5.43. The minimum atomic E-state index is -0.442. The Bertz CT molecular complexity index is 783. The van der Waals surface area contributed by atoms with Crippen molar-refractivity contribution >= 4 is 17.5 Å². The number of amides is 2. The van der Waals surface area contributed by atoms with Gasteiger partial charge in [-0.1, -0.05) is 12.1 Å². The van der Waals surface area contributed by atoms with E-state index in [1.54, 1.807) is 22.9 Å². The van der Waals surface area contributed by atoms with Crippen LogP contribution in [0.1, 0.15) is 47.2 Å². The van der Waals surface area contributed by atoms with Gasteiger partial charge < -0.3 is 16.0 Å². The van der Waals surface area contributed by atoms with E-state index in [4.69, 9.17) is 5.73 Å². The van der Waals surface area contributed by atoms with E-state index in [1.165, 1.54) is 0 Å². The minimum Gasteiger partial charge on any atom is -0.369 e. The summed E-state index contributed by atoms with van der Waals surface area (Å²) in [5.41, 5.74) is 7.20. The molecule has 0 unspecified atom stereocenters. The number of aromatic nitrogens is 2. The molecule has 7 heteroatoms. The molecule has 2 aromatic rings. The maximum atomic E-state index is 12.4. The van der Waals surface area contributed by atoms with E-state index in [2.05, 4.69) is 15.3 Å². The van der Waals surface area contributed by atoms with Gasteiger partial charge in [-0.05, 0) is 38.5 Å². The van der Waals surface area contributed by atoms with Crippen molar-refractivity contribution in [1.29, 1.82) is 0 Å². The molecule has 1 aliphatic heterocycles. The summed E-state index contributed by atoms with van der Waals surface area (Å²) >= 11 is 0. The van der Waals surface area contributed by atoms with E-state index in [1.807, 2.05) is 32.2 Å². The summed E-state index contributed by atoms with van der Waals surface area (Å²) in [6, 6.07) is 9.24. The Hall–Kier alpha value is -2.83. The summed E-state index contributed by atoms with van der Waals surface area (Å²) < 4.78 is 1.76. The quantitative estimate of drug-likeness (QED) is 0.863. The van der Waals surface area contributed by atoms with Crippen LogP contribution in [-0.2, 0) is 0 Å². The first kappa shape index (κ1) is 17.0. The zero-order chi connectivity index (χ0) is 18.0. The molecule has 25 heavy (non-hydrogen) atoms. The predicted molar refractivity (Wildman–Crippen MR) is 95.7 cm³/mol. The average molecular weight is 341 g/mol. The number of nitrogens with one attached hydrogen (secondary N) is 1. The first-order valence-electron chi connectivity index (χ1n) is 8.45. The van der Waals surface area contributed by atoms with Gasteiger partial charge in [0.1, 0.15) is 5.69 Å². The second-order valence-corrected chi connectivity index (χ2v) is 6.56. The molecule has 0 bridgehead atoms. The van der Waals surface area contributed by atoms with Crippen LogP contribution in [0.5, 0.6) is 0 Å². The largest absolute Gasteiger partial charge is 0.369 e. The van der Waals surface area contributed by atoms with Crippen molar-refractivity contribution in [2.24, 2.45) is 5.73 Å². The molecule has 1 aliphatic rings. The summed E-state index contributed by atoms with van der Waals surface area (Å²) in [4.78, 5) is 26.1. The van der Waals surface area contributed by atoms with E-state index >= 15 is 0 Å². The molecule has 132 valence electrons. The third-order valence-corrected chi connectivity index (χ3v) is 4.40. The fourth-order valence-corrected chi connectivity index (χ4v) is 3.06. The molecule has 0 spiro atoms. The third-order valence-electron chi connectivity index (χ3n) is 4.40. The van der Waals surface area contributed by atoms with Gasteiger partial charge in [-0.15, -0.1) is 0 Å². The molecule has 2 amide bonds. The molecule has 1 fully saturated rings. The van der Waals surface area contributed by atoms with Gasteiger partial charge in [0.05, 0.1) is 5.56 Å². The van der Waals surface area contributed by atoms with Crippen molar-refractivity contribution in [3.8, 4) is 0 Å². The number of carbonyl (C=O) groups excluding carboxylic acids is 2. The summed E-state index contributed by atoms with van der Waals surface area (Å²) in [5.74, 6) is -0.614. The Labute approximate surface area is 146 Å². The topological polar surface area (TPSA) is 93.3 Å². The molecule has 0 saturated carbocycles. The van der Waals surface area contributed by atoms with Crippen LogP contribution in [0, 0.1) is 0 Å². The van der Waals surface area contributed by atoms with Gasteiger partial charge in [0, 0.05) is 37.1 Å². The number of hydrogen-bond donors (Lipinski definition) is 2. The van der Waals surface area contributed by atoms with Gasteiger partial charge in [-0.25, -0.2) is 0 Å². The molecular weight excluding hydrogens is 318 g/mol. The van der Waals surface area contributed by atoms with Crippen LogP contribution in [0.15, 0.2) is 36.5 Å². The van der Waals surface area contributed by atoms with Crippen molar-refractivity contribution in [1.82, 2.24) is 15.1 Å². The Kier molecular flexibility index (Phi) is 4.74. The maximum absolute atomic E-state index is 12.4. The van der Waals surface area contributed by atoms with Gasteiger partial charge >= 0.3 is 0 Å². The fraction of sp³-hybridized carbons (Fsp3) is 0.389. The number of hydrogen-bond acceptors (Lipinski definition) is 4. The molecular formula is C18H23N5O2. The van der Waals surface area contributed by atoms with Crippen LogP contribution in [0.4, 0.5) is 5.69 Å². The smallest absolute Gasteiger partial charge is 0.272 e. The zero-order valence-electron chi connectivity index (χ0n) is 14.5. The van der Waals surface area contributed by atoms with Crippen LogP contribution in [-0.4, -0.2) is 40.7 Å². The molecule has 1 atom stereocenters. The molecule has 2 heterocycles. The summed E-state index contributed by atoms with van der Waals surface area (Å²) in [7, 11) is 0. The zero-order valence-corrected chi connectivity index (χ0v) is 14.5. The number of nitrogens with two attached hydrogens (primary N) is 1. The van der Waals surface area contributed by atoms with E-state index in [9.17, 15) is 9.59 Å². The van der Waals surface area contributed by atoms with Gasteiger partial charge in [0.2, 0.25) is 0 Å². The van der Waals surface area contributed by atoms with Crippen LogP contribution in [0.25, 0.3) is 0 Å². The van der Waals surface area contributed by atoms with Crippen molar-refractivity contribution in [2.75, 3.05) is 18.0 Å². The first-order chi connectivity index (χ1) is 12.0. The van der Waals surface area contributed by atoms with Crippen molar-refractivity contribution in [3.63, 3.8) is 0 Å². The van der Waals surface area contributed by atoms with Gasteiger partial charge in [0.15, 0.2) is 0 Å². The SMILES string of the molecule is CC(C)n1ccc(C(=O)N[C@@H]2CCN(c3ccccc3C(N)=O)C2)n1. The lowest BCUT2D eigenvalue weighted by Crippen LogP contribution is -2.37. The predicted octanol–water partition coefficient (Wildman–Crippen LogP) is 1.57. The van der Waals surface area contributed by atoms with Gasteiger partial charge in [-0.3, -0.25) is 14.3 Å². The Morgan fingerprint density at radius 1 is 1.28 bits per heavy atom. The highest BCUT2D eigenvalue weighted by Gasteiger charge is 2.27. The van der Waals surface area contributed by atoms with E-state index < -0.39 is 5.91 Å². The standard InChI is InChI=1S/C18H23N5O2/c1-12(2)23-10-8-15(21-23)18(25)20-13-7-9-22(11-13)16-6-4-3-5-14(16)17(19)24/h3-6,8,10,12-13H,7,9,11H2,1-2H3,(H2,19,24)(H,20,25)/t13-/m1/s1. The maximum Gasteiger partial charge on any atom is 0.272 e. The van der Waals surface area contributed by atoms with Crippen LogP contribution in [0.2, 0.25) is 0 Å². The number of anilines is 1. The highest BCUT2D eigenvalue weighted by atomic mass is 16.2. The Morgan fingerprint density at radius 3 is 2.72 bits per heavy atom. The molecule has 0 radical (unpaired) electrons. The molecule has 3 rings (SSSR count). The third kappa shape index (κ3) is 3.65. The lowest BCUT2D eigenvalue weighted by atomic mass is 10.1. The lowest BCUT2D eigenvalue weighted by Gasteiger charge is -2.21.